The number of ether oxygens (including phenoxy) is 2. The maximum Gasteiger partial charge on any atom is 0.119 e. The first-order chi connectivity index (χ1) is 11.8. The lowest BCUT2D eigenvalue weighted by molar-refractivity contribution is 0.108. The summed E-state index contributed by atoms with van der Waals surface area (Å²) >= 11 is 0. The zero-order chi connectivity index (χ0) is 16.8. The van der Waals surface area contributed by atoms with E-state index in [1.807, 2.05) is 12.1 Å². The van der Waals surface area contributed by atoms with Gasteiger partial charge in [-0.3, -0.25) is 4.90 Å². The minimum absolute atomic E-state index is 0.0630. The zero-order valence-corrected chi connectivity index (χ0v) is 14.1. The van der Waals surface area contributed by atoms with E-state index in [0.29, 0.717) is 13.2 Å². The number of aliphatic hydroxyl groups is 1. The van der Waals surface area contributed by atoms with E-state index < -0.39 is 0 Å². The van der Waals surface area contributed by atoms with E-state index in [2.05, 4.69) is 41.3 Å². The molecule has 0 aliphatic carbocycles. The van der Waals surface area contributed by atoms with E-state index in [4.69, 9.17) is 9.47 Å². The van der Waals surface area contributed by atoms with Gasteiger partial charge in [-0.1, -0.05) is 36.4 Å². The Bertz CT molecular complexity index is 659. The van der Waals surface area contributed by atoms with Crippen LogP contribution in [-0.2, 0) is 17.7 Å². The summed E-state index contributed by atoms with van der Waals surface area (Å²) < 4.78 is 10.7. The second-order valence-electron chi connectivity index (χ2n) is 6.11. The third-order valence-corrected chi connectivity index (χ3v) is 4.54. The summed E-state index contributed by atoms with van der Waals surface area (Å²) in [6, 6.07) is 16.7. The predicted octanol–water partition coefficient (Wildman–Crippen LogP) is 2.80. The molecule has 2 aromatic carbocycles. The van der Waals surface area contributed by atoms with Crippen LogP contribution in [0.25, 0.3) is 0 Å². The molecule has 1 atom stereocenters. The molecule has 1 unspecified atom stereocenters. The van der Waals surface area contributed by atoms with Crippen molar-refractivity contribution in [3.05, 3.63) is 65.2 Å². The highest BCUT2D eigenvalue weighted by Crippen LogP contribution is 2.30. The maximum absolute atomic E-state index is 9.90. The van der Waals surface area contributed by atoms with E-state index in [1.54, 1.807) is 7.11 Å². The van der Waals surface area contributed by atoms with Crippen LogP contribution in [-0.4, -0.2) is 43.5 Å². The Morgan fingerprint density at radius 1 is 1.12 bits per heavy atom. The molecule has 1 heterocycles. The molecule has 128 valence electrons. The molecule has 1 aliphatic rings. The summed E-state index contributed by atoms with van der Waals surface area (Å²) in [6.45, 7) is 3.04. The average molecular weight is 327 g/mol. The van der Waals surface area contributed by atoms with Crippen LogP contribution in [0, 0.1) is 0 Å². The number of hydrogen-bond donors (Lipinski definition) is 1. The van der Waals surface area contributed by atoms with Gasteiger partial charge in [-0.2, -0.15) is 0 Å². The first kappa shape index (κ1) is 17.0. The second kappa shape index (κ2) is 8.29. The minimum Gasteiger partial charge on any atom is -0.491 e. The van der Waals surface area contributed by atoms with Gasteiger partial charge in [0, 0.05) is 20.2 Å². The summed E-state index contributed by atoms with van der Waals surface area (Å²) in [5.41, 5.74) is 3.80. The van der Waals surface area contributed by atoms with Crippen LogP contribution in [0.2, 0.25) is 0 Å². The lowest BCUT2D eigenvalue weighted by atomic mass is 9.92. The van der Waals surface area contributed by atoms with Gasteiger partial charge in [-0.25, -0.2) is 0 Å². The third-order valence-electron chi connectivity index (χ3n) is 4.54. The summed E-state index contributed by atoms with van der Waals surface area (Å²) in [5, 5.41) is 9.90. The van der Waals surface area contributed by atoms with Gasteiger partial charge in [-0.15, -0.1) is 0 Å². The van der Waals surface area contributed by atoms with Gasteiger partial charge in [-0.05, 0) is 35.2 Å². The Morgan fingerprint density at radius 2 is 2.00 bits per heavy atom. The monoisotopic (exact) mass is 327 g/mol. The van der Waals surface area contributed by atoms with Crippen LogP contribution < -0.4 is 4.74 Å². The fourth-order valence-electron chi connectivity index (χ4n) is 3.32. The second-order valence-corrected chi connectivity index (χ2v) is 6.11. The Kier molecular flexibility index (Phi) is 5.86. The summed E-state index contributed by atoms with van der Waals surface area (Å²) in [5.74, 6) is 0.863. The molecule has 0 radical (unpaired) electrons. The molecule has 4 nitrogen and oxygen atoms in total. The highest BCUT2D eigenvalue weighted by molar-refractivity contribution is 5.33. The van der Waals surface area contributed by atoms with Crippen molar-refractivity contribution in [1.29, 1.82) is 0 Å². The fourth-order valence-corrected chi connectivity index (χ4v) is 3.32. The van der Waals surface area contributed by atoms with E-state index >= 15 is 0 Å². The fraction of sp³-hybridized carbons (Fsp3) is 0.400. The SMILES string of the molecule is COCCOc1cccc(CN2CCc3ccccc3C2CO)c1. The molecule has 1 aliphatic heterocycles. The van der Waals surface area contributed by atoms with Crippen molar-refractivity contribution in [2.45, 2.75) is 19.0 Å². The van der Waals surface area contributed by atoms with Crippen molar-refractivity contribution >= 4 is 0 Å². The molecule has 0 fully saturated rings. The number of hydrogen-bond acceptors (Lipinski definition) is 4. The third kappa shape index (κ3) is 3.96. The van der Waals surface area contributed by atoms with Crippen molar-refractivity contribution in [3.63, 3.8) is 0 Å². The number of benzene rings is 2. The number of methoxy groups -OCH3 is 1. The summed E-state index contributed by atoms with van der Waals surface area (Å²) in [7, 11) is 1.67. The van der Waals surface area contributed by atoms with Crippen LogP contribution in [0.1, 0.15) is 22.7 Å². The molecule has 0 bridgehead atoms. The molecular formula is C20H25NO3. The molecule has 4 heteroatoms. The molecule has 0 saturated carbocycles. The van der Waals surface area contributed by atoms with E-state index in [1.165, 1.54) is 16.7 Å². The van der Waals surface area contributed by atoms with Gasteiger partial charge in [0.2, 0.25) is 0 Å². The van der Waals surface area contributed by atoms with Crippen LogP contribution >= 0.6 is 0 Å². The van der Waals surface area contributed by atoms with Crippen molar-refractivity contribution < 1.29 is 14.6 Å². The molecule has 1 N–H and O–H groups in total. The van der Waals surface area contributed by atoms with Crippen LogP contribution in [0.4, 0.5) is 0 Å². The molecule has 24 heavy (non-hydrogen) atoms. The number of rotatable bonds is 7. The number of aliphatic hydroxyl groups excluding tert-OH is 1. The Hall–Kier alpha value is -1.88. The zero-order valence-electron chi connectivity index (χ0n) is 14.1. The largest absolute Gasteiger partial charge is 0.491 e. The van der Waals surface area contributed by atoms with Crippen molar-refractivity contribution in [3.8, 4) is 5.75 Å². The van der Waals surface area contributed by atoms with Crippen molar-refractivity contribution in [2.24, 2.45) is 0 Å². The van der Waals surface area contributed by atoms with Gasteiger partial charge in [0.15, 0.2) is 0 Å². The van der Waals surface area contributed by atoms with E-state index in [9.17, 15) is 5.11 Å². The quantitative estimate of drug-likeness (QED) is 0.794. The average Bonchev–Trinajstić information content (AvgIpc) is 2.62. The first-order valence-corrected chi connectivity index (χ1v) is 8.45. The Morgan fingerprint density at radius 3 is 2.83 bits per heavy atom. The topological polar surface area (TPSA) is 41.9 Å². The Labute approximate surface area is 143 Å². The highest BCUT2D eigenvalue weighted by atomic mass is 16.5. The van der Waals surface area contributed by atoms with Crippen molar-refractivity contribution in [2.75, 3.05) is 33.5 Å². The first-order valence-electron chi connectivity index (χ1n) is 8.45. The van der Waals surface area contributed by atoms with Crippen molar-refractivity contribution in [1.82, 2.24) is 4.90 Å². The molecule has 0 spiro atoms. The lowest BCUT2D eigenvalue weighted by Crippen LogP contribution is -2.36. The normalized spacial score (nSPS) is 17.5. The maximum atomic E-state index is 9.90. The number of fused-ring (bicyclic) bond motifs is 1. The highest BCUT2D eigenvalue weighted by Gasteiger charge is 2.26. The lowest BCUT2D eigenvalue weighted by Gasteiger charge is -2.36. The standard InChI is InChI=1S/C20H25NO3/c1-23-11-12-24-18-7-4-5-16(13-18)14-21-10-9-17-6-2-3-8-19(17)20(21)15-22/h2-8,13,20,22H,9-12,14-15H2,1H3. The summed E-state index contributed by atoms with van der Waals surface area (Å²) in [4.78, 5) is 2.34. The predicted molar refractivity (Wildman–Crippen MR) is 94.2 cm³/mol. The Balaban J connectivity index is 1.70. The van der Waals surface area contributed by atoms with Gasteiger partial charge >= 0.3 is 0 Å². The van der Waals surface area contributed by atoms with Gasteiger partial charge in [0.25, 0.3) is 0 Å². The molecule has 0 aromatic heterocycles. The summed E-state index contributed by atoms with van der Waals surface area (Å²) in [6.07, 6.45) is 1.02. The molecule has 0 amide bonds. The van der Waals surface area contributed by atoms with Crippen LogP contribution in [0.5, 0.6) is 5.75 Å². The molecule has 3 rings (SSSR count). The molecule has 0 saturated heterocycles. The van der Waals surface area contributed by atoms with Gasteiger partial charge in [0.1, 0.15) is 12.4 Å². The van der Waals surface area contributed by atoms with E-state index in [-0.39, 0.29) is 12.6 Å². The van der Waals surface area contributed by atoms with Crippen LogP contribution in [0.15, 0.2) is 48.5 Å². The van der Waals surface area contributed by atoms with Gasteiger partial charge in [0.05, 0.1) is 19.3 Å². The number of nitrogens with zero attached hydrogens (tertiary/aromatic N) is 1. The minimum atomic E-state index is 0.0630. The van der Waals surface area contributed by atoms with Gasteiger partial charge < -0.3 is 14.6 Å². The molecular weight excluding hydrogens is 302 g/mol. The van der Waals surface area contributed by atoms with Crippen LogP contribution in [0.3, 0.4) is 0 Å². The smallest absolute Gasteiger partial charge is 0.119 e. The molecule has 2 aromatic rings. The van der Waals surface area contributed by atoms with E-state index in [0.717, 1.165) is 25.3 Å².